The van der Waals surface area contributed by atoms with Gasteiger partial charge in [0.2, 0.25) is 0 Å². The number of alkyl halides is 3. The van der Waals surface area contributed by atoms with E-state index in [1.54, 1.807) is 6.07 Å². The van der Waals surface area contributed by atoms with Crippen LogP contribution in [-0.2, 0) is 6.18 Å². The minimum absolute atomic E-state index is 0.108. The number of hydrazine groups is 1. The molecule has 2 aliphatic heterocycles. The molecule has 0 bridgehead atoms. The van der Waals surface area contributed by atoms with Crippen molar-refractivity contribution in [2.24, 2.45) is 5.73 Å². The second-order valence-electron chi connectivity index (χ2n) is 6.09. The van der Waals surface area contributed by atoms with Crippen LogP contribution in [0.15, 0.2) is 24.3 Å². The van der Waals surface area contributed by atoms with Gasteiger partial charge in [-0.15, -0.1) is 0 Å². The Morgan fingerprint density at radius 1 is 1.14 bits per heavy atom. The predicted molar refractivity (Wildman–Crippen MR) is 77.6 cm³/mol. The zero-order chi connectivity index (χ0) is 15.7. The Bertz CT molecular complexity index is 512. The average molecular weight is 314 g/mol. The van der Waals surface area contributed by atoms with E-state index in [1.807, 2.05) is 0 Å². The number of likely N-dealkylation sites (tertiary alicyclic amines) is 1. The quantitative estimate of drug-likeness (QED) is 0.781. The highest BCUT2D eigenvalue weighted by Gasteiger charge is 2.34. The number of nitrogens with one attached hydrogen (secondary N) is 2. The second kappa shape index (κ2) is 6.16. The molecule has 122 valence electrons. The molecule has 3 rings (SSSR count). The summed E-state index contributed by atoms with van der Waals surface area (Å²) >= 11 is 0. The first-order chi connectivity index (χ1) is 10.4. The molecule has 22 heavy (non-hydrogen) atoms. The van der Waals surface area contributed by atoms with Gasteiger partial charge in [-0.05, 0) is 37.0 Å². The Labute approximate surface area is 127 Å². The van der Waals surface area contributed by atoms with Gasteiger partial charge in [-0.1, -0.05) is 12.1 Å². The molecule has 0 spiro atoms. The number of hydrogen-bond acceptors (Lipinski definition) is 4. The summed E-state index contributed by atoms with van der Waals surface area (Å²) in [7, 11) is 0. The zero-order valence-electron chi connectivity index (χ0n) is 12.2. The minimum Gasteiger partial charge on any atom is -0.328 e. The number of halogens is 3. The Hall–Kier alpha value is -1.15. The predicted octanol–water partition coefficient (Wildman–Crippen LogP) is 1.99. The third-order valence-corrected chi connectivity index (χ3v) is 4.51. The van der Waals surface area contributed by atoms with Crippen LogP contribution < -0.4 is 16.6 Å². The third-order valence-electron chi connectivity index (χ3n) is 4.51. The summed E-state index contributed by atoms with van der Waals surface area (Å²) in [6.45, 7) is 1.85. The van der Waals surface area contributed by atoms with Crippen LogP contribution in [0.4, 0.5) is 13.2 Å². The Morgan fingerprint density at radius 2 is 1.86 bits per heavy atom. The van der Waals surface area contributed by atoms with E-state index in [0.717, 1.165) is 38.4 Å². The number of benzene rings is 1. The molecule has 7 heteroatoms. The van der Waals surface area contributed by atoms with Crippen LogP contribution in [0.5, 0.6) is 0 Å². The highest BCUT2D eigenvalue weighted by atomic mass is 19.4. The summed E-state index contributed by atoms with van der Waals surface area (Å²) in [4.78, 5) is 2.31. The molecule has 2 atom stereocenters. The first-order valence-electron chi connectivity index (χ1n) is 7.61. The van der Waals surface area contributed by atoms with Crippen LogP contribution in [0.25, 0.3) is 0 Å². The van der Waals surface area contributed by atoms with Crippen LogP contribution in [-0.4, -0.2) is 30.2 Å². The fraction of sp³-hybridized carbons (Fsp3) is 0.600. The second-order valence-corrected chi connectivity index (χ2v) is 6.09. The van der Waals surface area contributed by atoms with Crippen LogP contribution in [0, 0.1) is 0 Å². The first-order valence-corrected chi connectivity index (χ1v) is 7.61. The van der Waals surface area contributed by atoms with E-state index in [-0.39, 0.29) is 18.2 Å². The maximum Gasteiger partial charge on any atom is 0.416 e. The summed E-state index contributed by atoms with van der Waals surface area (Å²) < 4.78 is 38.4. The summed E-state index contributed by atoms with van der Waals surface area (Å²) in [5, 5.41) is 0. The van der Waals surface area contributed by atoms with Gasteiger partial charge in [-0.3, -0.25) is 4.90 Å². The molecule has 2 fully saturated rings. The number of nitrogens with zero attached hydrogens (tertiary/aromatic N) is 1. The molecule has 0 saturated carbocycles. The van der Waals surface area contributed by atoms with E-state index in [9.17, 15) is 13.2 Å². The summed E-state index contributed by atoms with van der Waals surface area (Å²) in [6, 6.07) is 5.70. The molecular formula is C15H21F3N4. The van der Waals surface area contributed by atoms with E-state index in [0.29, 0.717) is 5.56 Å². The molecule has 1 aromatic carbocycles. The van der Waals surface area contributed by atoms with Crippen molar-refractivity contribution in [3.63, 3.8) is 0 Å². The molecular weight excluding hydrogens is 293 g/mol. The molecule has 1 aromatic rings. The molecule has 4 nitrogen and oxygen atoms in total. The Kier molecular flexibility index (Phi) is 4.40. The van der Waals surface area contributed by atoms with E-state index >= 15 is 0 Å². The average Bonchev–Trinajstić information content (AvgIpc) is 2.97. The van der Waals surface area contributed by atoms with Gasteiger partial charge in [-0.25, -0.2) is 10.9 Å². The monoisotopic (exact) mass is 314 g/mol. The molecule has 2 saturated heterocycles. The third kappa shape index (κ3) is 3.43. The molecule has 4 N–H and O–H groups in total. The van der Waals surface area contributed by atoms with Crippen molar-refractivity contribution in [3.05, 3.63) is 35.4 Å². The molecule has 0 radical (unpaired) electrons. The van der Waals surface area contributed by atoms with E-state index in [1.165, 1.54) is 12.1 Å². The molecule has 2 aliphatic rings. The normalized spacial score (nSPS) is 28.2. The summed E-state index contributed by atoms with van der Waals surface area (Å²) in [5.41, 5.74) is 12.3. The van der Waals surface area contributed by atoms with E-state index < -0.39 is 11.7 Å². The van der Waals surface area contributed by atoms with Gasteiger partial charge in [0.15, 0.2) is 0 Å². The topological polar surface area (TPSA) is 53.3 Å². The first kappa shape index (κ1) is 15.7. The standard InChI is InChI=1S/C15H21F3N4/c16-15(17,18)11-3-1-2-10(8-11)13-9-14(21-20-13)22-6-4-12(19)5-7-22/h1-3,8,12-14,20-21H,4-7,9,19H2. The number of hydrogen-bond donors (Lipinski definition) is 3. The summed E-state index contributed by atoms with van der Waals surface area (Å²) in [5.74, 6) is 0. The van der Waals surface area contributed by atoms with Crippen molar-refractivity contribution in [1.82, 2.24) is 15.8 Å². The van der Waals surface area contributed by atoms with Crippen molar-refractivity contribution in [3.8, 4) is 0 Å². The van der Waals surface area contributed by atoms with E-state index in [2.05, 4.69) is 15.8 Å². The SMILES string of the molecule is NC1CCN(C2CC(c3cccc(C(F)(F)F)c3)NN2)CC1. The van der Waals surface area contributed by atoms with Crippen molar-refractivity contribution in [2.45, 2.75) is 43.7 Å². The van der Waals surface area contributed by atoms with E-state index in [4.69, 9.17) is 5.73 Å². The Balaban J connectivity index is 1.65. The van der Waals surface area contributed by atoms with Gasteiger partial charge in [0.25, 0.3) is 0 Å². The van der Waals surface area contributed by atoms with Gasteiger partial charge < -0.3 is 5.73 Å². The smallest absolute Gasteiger partial charge is 0.328 e. The van der Waals surface area contributed by atoms with Gasteiger partial charge in [0.1, 0.15) is 0 Å². The van der Waals surface area contributed by atoms with Crippen LogP contribution in [0.1, 0.15) is 36.4 Å². The van der Waals surface area contributed by atoms with Gasteiger partial charge in [0, 0.05) is 25.2 Å². The van der Waals surface area contributed by atoms with Crippen molar-refractivity contribution >= 4 is 0 Å². The number of nitrogens with two attached hydrogens (primary N) is 1. The lowest BCUT2D eigenvalue weighted by Crippen LogP contribution is -2.50. The summed E-state index contributed by atoms with van der Waals surface area (Å²) in [6.07, 6.45) is -1.48. The Morgan fingerprint density at radius 3 is 2.55 bits per heavy atom. The van der Waals surface area contributed by atoms with Crippen LogP contribution in [0.3, 0.4) is 0 Å². The highest BCUT2D eigenvalue weighted by Crippen LogP contribution is 2.32. The number of rotatable bonds is 2. The number of piperidine rings is 1. The molecule has 0 aromatic heterocycles. The lowest BCUT2D eigenvalue weighted by atomic mass is 10.00. The maximum absolute atomic E-state index is 12.8. The van der Waals surface area contributed by atoms with Crippen molar-refractivity contribution in [1.29, 1.82) is 0 Å². The molecule has 2 heterocycles. The van der Waals surface area contributed by atoms with Gasteiger partial charge in [0.05, 0.1) is 11.7 Å². The highest BCUT2D eigenvalue weighted by molar-refractivity contribution is 5.28. The molecule has 0 aliphatic carbocycles. The lowest BCUT2D eigenvalue weighted by molar-refractivity contribution is -0.137. The van der Waals surface area contributed by atoms with Gasteiger partial charge >= 0.3 is 6.18 Å². The van der Waals surface area contributed by atoms with Crippen molar-refractivity contribution < 1.29 is 13.2 Å². The molecule has 2 unspecified atom stereocenters. The fourth-order valence-corrected chi connectivity index (χ4v) is 3.16. The lowest BCUT2D eigenvalue weighted by Gasteiger charge is -2.34. The molecule has 0 amide bonds. The van der Waals surface area contributed by atoms with Crippen molar-refractivity contribution in [2.75, 3.05) is 13.1 Å². The van der Waals surface area contributed by atoms with Crippen LogP contribution >= 0.6 is 0 Å². The van der Waals surface area contributed by atoms with Crippen LogP contribution in [0.2, 0.25) is 0 Å². The largest absolute Gasteiger partial charge is 0.416 e. The fourth-order valence-electron chi connectivity index (χ4n) is 3.16. The van der Waals surface area contributed by atoms with Gasteiger partial charge in [-0.2, -0.15) is 13.2 Å². The zero-order valence-corrected chi connectivity index (χ0v) is 12.2. The maximum atomic E-state index is 12.8. The minimum atomic E-state index is -4.30.